The van der Waals surface area contributed by atoms with Gasteiger partial charge in [0.25, 0.3) is 0 Å². The van der Waals surface area contributed by atoms with Gasteiger partial charge in [0, 0.05) is 19.0 Å². The van der Waals surface area contributed by atoms with Crippen LogP contribution in [0.1, 0.15) is 26.3 Å². The summed E-state index contributed by atoms with van der Waals surface area (Å²) in [6.07, 6.45) is 0.967. The zero-order valence-electron chi connectivity index (χ0n) is 12.5. The van der Waals surface area contributed by atoms with E-state index in [2.05, 4.69) is 48.7 Å². The van der Waals surface area contributed by atoms with Crippen molar-refractivity contribution in [3.05, 3.63) is 35.9 Å². The molecule has 3 heteroatoms. The number of amides is 1. The Morgan fingerprint density at radius 1 is 1.26 bits per heavy atom. The minimum Gasteiger partial charge on any atom is -0.355 e. The van der Waals surface area contributed by atoms with Crippen LogP contribution in [0.25, 0.3) is 0 Å². The third-order valence-corrected chi connectivity index (χ3v) is 3.22. The van der Waals surface area contributed by atoms with Crippen molar-refractivity contribution in [3.63, 3.8) is 0 Å². The zero-order valence-corrected chi connectivity index (χ0v) is 12.5. The second kappa shape index (κ2) is 7.29. The molecule has 1 aromatic carbocycles. The highest BCUT2D eigenvalue weighted by molar-refractivity contribution is 5.78. The molecule has 0 aliphatic carbocycles. The Morgan fingerprint density at radius 2 is 1.89 bits per heavy atom. The first-order valence-electron chi connectivity index (χ1n) is 6.91. The van der Waals surface area contributed by atoms with Crippen molar-refractivity contribution >= 4 is 5.91 Å². The van der Waals surface area contributed by atoms with Gasteiger partial charge in [-0.15, -0.1) is 0 Å². The predicted octanol–water partition coefficient (Wildman–Crippen LogP) is 2.23. The SMILES string of the molecule is CNCC(C)C(=O)NCC(C)(C)Cc1ccccc1. The van der Waals surface area contributed by atoms with Crippen LogP contribution in [0.5, 0.6) is 0 Å². The molecule has 0 saturated heterocycles. The van der Waals surface area contributed by atoms with Gasteiger partial charge in [0.15, 0.2) is 0 Å². The number of hydrogen-bond donors (Lipinski definition) is 2. The third kappa shape index (κ3) is 5.88. The van der Waals surface area contributed by atoms with E-state index in [1.165, 1.54) is 5.56 Å². The van der Waals surface area contributed by atoms with Crippen LogP contribution in [-0.4, -0.2) is 26.0 Å². The van der Waals surface area contributed by atoms with E-state index in [9.17, 15) is 4.79 Å². The van der Waals surface area contributed by atoms with Crippen LogP contribution in [-0.2, 0) is 11.2 Å². The largest absolute Gasteiger partial charge is 0.355 e. The lowest BCUT2D eigenvalue weighted by atomic mass is 9.85. The van der Waals surface area contributed by atoms with Crippen molar-refractivity contribution in [1.82, 2.24) is 10.6 Å². The van der Waals surface area contributed by atoms with Gasteiger partial charge in [-0.25, -0.2) is 0 Å². The van der Waals surface area contributed by atoms with Crippen LogP contribution in [0.15, 0.2) is 30.3 Å². The van der Waals surface area contributed by atoms with Crippen LogP contribution >= 0.6 is 0 Å². The molecular weight excluding hydrogens is 236 g/mol. The monoisotopic (exact) mass is 262 g/mol. The summed E-state index contributed by atoms with van der Waals surface area (Å²) in [6.45, 7) is 7.72. The molecule has 2 N–H and O–H groups in total. The summed E-state index contributed by atoms with van der Waals surface area (Å²) >= 11 is 0. The van der Waals surface area contributed by atoms with E-state index in [-0.39, 0.29) is 17.2 Å². The molecule has 0 aromatic heterocycles. The highest BCUT2D eigenvalue weighted by Crippen LogP contribution is 2.20. The van der Waals surface area contributed by atoms with E-state index in [1.807, 2.05) is 20.0 Å². The Hall–Kier alpha value is -1.35. The average molecular weight is 262 g/mol. The van der Waals surface area contributed by atoms with Crippen molar-refractivity contribution in [2.45, 2.75) is 27.2 Å². The van der Waals surface area contributed by atoms with E-state index in [4.69, 9.17) is 0 Å². The van der Waals surface area contributed by atoms with Gasteiger partial charge in [0.1, 0.15) is 0 Å². The van der Waals surface area contributed by atoms with Gasteiger partial charge in [-0.05, 0) is 24.4 Å². The van der Waals surface area contributed by atoms with Gasteiger partial charge in [0.2, 0.25) is 5.91 Å². The summed E-state index contributed by atoms with van der Waals surface area (Å²) in [4.78, 5) is 11.9. The quantitative estimate of drug-likeness (QED) is 0.791. The van der Waals surface area contributed by atoms with Crippen molar-refractivity contribution in [1.29, 1.82) is 0 Å². The fourth-order valence-corrected chi connectivity index (χ4v) is 2.11. The number of rotatable bonds is 7. The molecule has 1 aromatic rings. The van der Waals surface area contributed by atoms with Crippen molar-refractivity contribution in [3.8, 4) is 0 Å². The fourth-order valence-electron chi connectivity index (χ4n) is 2.11. The number of hydrogen-bond acceptors (Lipinski definition) is 2. The lowest BCUT2D eigenvalue weighted by Gasteiger charge is -2.26. The normalized spacial score (nSPS) is 13.1. The summed E-state index contributed by atoms with van der Waals surface area (Å²) in [5.41, 5.74) is 1.38. The first-order chi connectivity index (χ1) is 8.94. The number of nitrogens with one attached hydrogen (secondary N) is 2. The number of benzene rings is 1. The van der Waals surface area contributed by atoms with E-state index in [0.717, 1.165) is 6.42 Å². The number of carbonyl (C=O) groups excluding carboxylic acids is 1. The maximum absolute atomic E-state index is 11.9. The van der Waals surface area contributed by atoms with Gasteiger partial charge in [-0.3, -0.25) is 4.79 Å². The van der Waals surface area contributed by atoms with E-state index >= 15 is 0 Å². The lowest BCUT2D eigenvalue weighted by molar-refractivity contribution is -0.124. The molecule has 0 fully saturated rings. The highest BCUT2D eigenvalue weighted by atomic mass is 16.1. The maximum atomic E-state index is 11.9. The van der Waals surface area contributed by atoms with Gasteiger partial charge in [-0.1, -0.05) is 51.1 Å². The molecule has 106 valence electrons. The molecule has 0 radical (unpaired) electrons. The lowest BCUT2D eigenvalue weighted by Crippen LogP contribution is -2.40. The zero-order chi connectivity index (χ0) is 14.3. The van der Waals surface area contributed by atoms with Crippen LogP contribution in [0.2, 0.25) is 0 Å². The van der Waals surface area contributed by atoms with Crippen LogP contribution in [0, 0.1) is 11.3 Å². The molecule has 19 heavy (non-hydrogen) atoms. The summed E-state index contributed by atoms with van der Waals surface area (Å²) in [5, 5.41) is 6.07. The van der Waals surface area contributed by atoms with Crippen LogP contribution in [0.4, 0.5) is 0 Å². The molecule has 0 spiro atoms. The van der Waals surface area contributed by atoms with E-state index in [0.29, 0.717) is 13.1 Å². The second-order valence-corrected chi connectivity index (χ2v) is 6.00. The highest BCUT2D eigenvalue weighted by Gasteiger charge is 2.21. The smallest absolute Gasteiger partial charge is 0.224 e. The third-order valence-electron chi connectivity index (χ3n) is 3.22. The average Bonchev–Trinajstić information content (AvgIpc) is 2.37. The van der Waals surface area contributed by atoms with Crippen LogP contribution < -0.4 is 10.6 Å². The minimum absolute atomic E-state index is 0.0116. The van der Waals surface area contributed by atoms with Gasteiger partial charge >= 0.3 is 0 Å². The van der Waals surface area contributed by atoms with Gasteiger partial charge in [-0.2, -0.15) is 0 Å². The molecule has 1 atom stereocenters. The molecule has 0 bridgehead atoms. The molecule has 1 rings (SSSR count). The Morgan fingerprint density at radius 3 is 2.47 bits per heavy atom. The van der Waals surface area contributed by atoms with Crippen molar-refractivity contribution in [2.24, 2.45) is 11.3 Å². The Labute approximate surface area is 116 Å². The summed E-state index contributed by atoms with van der Waals surface area (Å²) in [5.74, 6) is 0.132. The summed E-state index contributed by atoms with van der Waals surface area (Å²) in [7, 11) is 1.86. The maximum Gasteiger partial charge on any atom is 0.224 e. The molecule has 3 nitrogen and oxygen atoms in total. The summed E-state index contributed by atoms with van der Waals surface area (Å²) in [6, 6.07) is 10.4. The van der Waals surface area contributed by atoms with Gasteiger partial charge < -0.3 is 10.6 Å². The molecule has 1 amide bonds. The Kier molecular flexibility index (Phi) is 6.03. The van der Waals surface area contributed by atoms with Crippen LogP contribution in [0.3, 0.4) is 0 Å². The topological polar surface area (TPSA) is 41.1 Å². The fraction of sp³-hybridized carbons (Fsp3) is 0.562. The first kappa shape index (κ1) is 15.7. The Balaban J connectivity index is 2.44. The number of carbonyl (C=O) groups is 1. The standard InChI is InChI=1S/C16H26N2O/c1-13(11-17-4)15(19)18-12-16(2,3)10-14-8-6-5-7-9-14/h5-9,13,17H,10-12H2,1-4H3,(H,18,19). The molecule has 0 aliphatic heterocycles. The minimum atomic E-state index is 0.0116. The summed E-state index contributed by atoms with van der Waals surface area (Å²) < 4.78 is 0. The van der Waals surface area contributed by atoms with E-state index < -0.39 is 0 Å². The molecule has 1 unspecified atom stereocenters. The second-order valence-electron chi connectivity index (χ2n) is 6.00. The molecule has 0 saturated carbocycles. The predicted molar refractivity (Wildman–Crippen MR) is 80.0 cm³/mol. The first-order valence-corrected chi connectivity index (χ1v) is 6.91. The van der Waals surface area contributed by atoms with Crippen molar-refractivity contribution in [2.75, 3.05) is 20.1 Å². The van der Waals surface area contributed by atoms with E-state index in [1.54, 1.807) is 0 Å². The molecule has 0 heterocycles. The van der Waals surface area contributed by atoms with Crippen molar-refractivity contribution < 1.29 is 4.79 Å². The molecule has 0 aliphatic rings. The Bertz CT molecular complexity index is 387. The van der Waals surface area contributed by atoms with Gasteiger partial charge in [0.05, 0.1) is 0 Å². The molecular formula is C16H26N2O.